The summed E-state index contributed by atoms with van der Waals surface area (Å²) in [7, 11) is 0. The normalized spacial score (nSPS) is 17.0. The Morgan fingerprint density at radius 2 is 1.92 bits per heavy atom. The second kappa shape index (κ2) is 5.87. The van der Waals surface area contributed by atoms with Crippen molar-refractivity contribution in [3.63, 3.8) is 0 Å². The number of carbonyl (C=O) groups excluding carboxylic acids is 1. The molecule has 1 aliphatic heterocycles. The van der Waals surface area contributed by atoms with Gasteiger partial charge in [-0.3, -0.25) is 13.5 Å². The van der Waals surface area contributed by atoms with E-state index < -0.39 is 0 Å². The van der Waals surface area contributed by atoms with Gasteiger partial charge in [0.1, 0.15) is 12.4 Å². The predicted molar refractivity (Wildman–Crippen MR) is 91.6 cm³/mol. The number of nitrogens with zero attached hydrogens (tertiary/aromatic N) is 2. The van der Waals surface area contributed by atoms with Gasteiger partial charge in [0.15, 0.2) is 0 Å². The van der Waals surface area contributed by atoms with Crippen molar-refractivity contribution in [3.05, 3.63) is 70.3 Å². The largest absolute Gasteiger partial charge is 0.334 e. The summed E-state index contributed by atoms with van der Waals surface area (Å²) in [6, 6.07) is 13.6. The molecule has 0 spiro atoms. The van der Waals surface area contributed by atoms with Gasteiger partial charge in [0.2, 0.25) is 5.91 Å². The molecule has 0 aliphatic carbocycles. The van der Waals surface area contributed by atoms with E-state index in [0.29, 0.717) is 11.9 Å². The summed E-state index contributed by atoms with van der Waals surface area (Å²) in [6.45, 7) is 0.719. The van der Waals surface area contributed by atoms with Gasteiger partial charge >= 0.3 is 0 Å². The average Bonchev–Trinajstić information content (AvgIpc) is 2.85. The maximum Gasteiger partial charge on any atom is 0.268 e. The van der Waals surface area contributed by atoms with Crippen molar-refractivity contribution in [3.8, 4) is 0 Å². The predicted octanol–water partition coefficient (Wildman–Crippen LogP) is 3.18. The first kappa shape index (κ1) is 15.1. The molecule has 1 saturated heterocycles. The number of fused-ring (bicyclic) bond motifs is 1. The zero-order chi connectivity index (χ0) is 16.7. The highest BCUT2D eigenvalue weighted by molar-refractivity contribution is 7.13. The fourth-order valence-electron chi connectivity index (χ4n) is 3.05. The third-order valence-corrected chi connectivity index (χ3v) is 5.49. The van der Waals surface area contributed by atoms with Crippen molar-refractivity contribution in [1.82, 2.24) is 8.86 Å². The summed E-state index contributed by atoms with van der Waals surface area (Å²) in [5.74, 6) is -0.364. The molecule has 1 aliphatic rings. The van der Waals surface area contributed by atoms with Gasteiger partial charge in [0.25, 0.3) is 5.56 Å². The van der Waals surface area contributed by atoms with Crippen LogP contribution in [0.4, 0.5) is 4.39 Å². The van der Waals surface area contributed by atoms with Crippen LogP contribution in [0.3, 0.4) is 0 Å². The summed E-state index contributed by atoms with van der Waals surface area (Å²) in [5.41, 5.74) is 0.808. The van der Waals surface area contributed by atoms with E-state index in [1.165, 1.54) is 27.6 Å². The SMILES string of the molecule is O=C(Cn1sc2ccccc2c1=O)N1CC[C@H]1c1ccc(F)cc1. The summed E-state index contributed by atoms with van der Waals surface area (Å²) in [5, 5.41) is 0.647. The van der Waals surface area contributed by atoms with E-state index in [9.17, 15) is 14.0 Å². The second-order valence-corrected chi connectivity index (χ2v) is 6.94. The molecule has 24 heavy (non-hydrogen) atoms. The molecule has 122 valence electrons. The minimum atomic E-state index is -0.284. The summed E-state index contributed by atoms with van der Waals surface area (Å²) in [4.78, 5) is 26.7. The van der Waals surface area contributed by atoms with Crippen molar-refractivity contribution in [2.24, 2.45) is 0 Å². The first-order valence-electron chi connectivity index (χ1n) is 7.77. The van der Waals surface area contributed by atoms with Crippen LogP contribution in [0.5, 0.6) is 0 Å². The van der Waals surface area contributed by atoms with Gasteiger partial charge in [-0.2, -0.15) is 0 Å². The van der Waals surface area contributed by atoms with Crippen LogP contribution in [-0.4, -0.2) is 21.3 Å². The molecular formula is C18H15FN2O2S. The summed E-state index contributed by atoms with van der Waals surface area (Å²) in [6.07, 6.45) is 0.860. The Balaban J connectivity index is 1.54. The Bertz CT molecular complexity index is 961. The highest BCUT2D eigenvalue weighted by Crippen LogP contribution is 2.33. The minimum absolute atomic E-state index is 0.0248. The van der Waals surface area contributed by atoms with E-state index in [1.54, 1.807) is 23.1 Å². The lowest BCUT2D eigenvalue weighted by Crippen LogP contribution is -2.46. The van der Waals surface area contributed by atoms with Crippen LogP contribution in [0.25, 0.3) is 10.1 Å². The van der Waals surface area contributed by atoms with E-state index >= 15 is 0 Å². The number of rotatable bonds is 3. The number of aromatic nitrogens is 1. The van der Waals surface area contributed by atoms with Crippen LogP contribution in [0.15, 0.2) is 53.3 Å². The molecule has 0 saturated carbocycles. The van der Waals surface area contributed by atoms with E-state index in [2.05, 4.69) is 0 Å². The zero-order valence-corrected chi connectivity index (χ0v) is 13.6. The van der Waals surface area contributed by atoms with Gasteiger partial charge < -0.3 is 4.90 Å². The molecule has 2 aromatic carbocycles. The molecule has 0 unspecified atom stereocenters. The number of amides is 1. The first-order valence-corrected chi connectivity index (χ1v) is 8.54. The second-order valence-electron chi connectivity index (χ2n) is 5.87. The molecule has 6 heteroatoms. The molecule has 4 rings (SSSR count). The molecule has 2 heterocycles. The number of halogens is 1. The van der Waals surface area contributed by atoms with Gasteiger partial charge in [-0.1, -0.05) is 35.8 Å². The van der Waals surface area contributed by atoms with Crippen molar-refractivity contribution in [2.75, 3.05) is 6.54 Å². The number of hydrogen-bond donors (Lipinski definition) is 0. The summed E-state index contributed by atoms with van der Waals surface area (Å²) < 4.78 is 15.4. The van der Waals surface area contributed by atoms with Crippen LogP contribution < -0.4 is 5.56 Å². The molecule has 1 amide bonds. The Hall–Kier alpha value is -2.47. The number of benzene rings is 2. The van der Waals surface area contributed by atoms with Crippen molar-refractivity contribution >= 4 is 27.5 Å². The first-order chi connectivity index (χ1) is 11.6. The van der Waals surface area contributed by atoms with Crippen LogP contribution in [-0.2, 0) is 11.3 Å². The van der Waals surface area contributed by atoms with Gasteiger partial charge in [-0.15, -0.1) is 0 Å². The summed E-state index contributed by atoms with van der Waals surface area (Å²) >= 11 is 1.31. The number of hydrogen-bond acceptors (Lipinski definition) is 3. The van der Waals surface area contributed by atoms with Crippen LogP contribution in [0.1, 0.15) is 18.0 Å². The highest BCUT2D eigenvalue weighted by Gasteiger charge is 2.33. The lowest BCUT2D eigenvalue weighted by atomic mass is 9.94. The quantitative estimate of drug-likeness (QED) is 0.734. The van der Waals surface area contributed by atoms with E-state index in [-0.39, 0.29) is 29.9 Å². The molecule has 0 radical (unpaired) electrons. The van der Waals surface area contributed by atoms with Crippen molar-refractivity contribution < 1.29 is 9.18 Å². The highest BCUT2D eigenvalue weighted by atomic mass is 32.1. The minimum Gasteiger partial charge on any atom is -0.334 e. The van der Waals surface area contributed by atoms with Crippen LogP contribution >= 0.6 is 11.5 Å². The van der Waals surface area contributed by atoms with Gasteiger partial charge in [-0.25, -0.2) is 4.39 Å². The fraction of sp³-hybridized carbons (Fsp3) is 0.222. The Morgan fingerprint density at radius 1 is 1.17 bits per heavy atom. The van der Waals surface area contributed by atoms with Gasteiger partial charge in [0, 0.05) is 6.54 Å². The third-order valence-electron chi connectivity index (χ3n) is 4.43. The maximum absolute atomic E-state index is 13.0. The Morgan fingerprint density at radius 3 is 2.58 bits per heavy atom. The molecule has 0 bridgehead atoms. The average molecular weight is 342 g/mol. The smallest absolute Gasteiger partial charge is 0.268 e. The molecule has 4 nitrogen and oxygen atoms in total. The Kier molecular flexibility index (Phi) is 3.69. The molecular weight excluding hydrogens is 327 g/mol. The van der Waals surface area contributed by atoms with Crippen LogP contribution in [0, 0.1) is 5.82 Å². The van der Waals surface area contributed by atoms with E-state index in [0.717, 1.165) is 16.7 Å². The Labute approximate surface area is 141 Å². The van der Waals surface area contributed by atoms with E-state index in [1.807, 2.05) is 18.2 Å². The van der Waals surface area contributed by atoms with Crippen molar-refractivity contribution in [2.45, 2.75) is 19.0 Å². The third kappa shape index (κ3) is 2.53. The maximum atomic E-state index is 13.0. The molecule has 1 aromatic heterocycles. The number of carbonyl (C=O) groups is 1. The zero-order valence-electron chi connectivity index (χ0n) is 12.8. The topological polar surface area (TPSA) is 42.3 Å². The molecule has 0 N–H and O–H groups in total. The fourth-order valence-corrected chi connectivity index (χ4v) is 4.04. The standard InChI is InChI=1S/C18H15FN2O2S/c19-13-7-5-12(6-8-13)15-9-10-20(15)17(22)11-21-18(23)14-3-1-2-4-16(14)24-21/h1-8,15H,9-11H2/t15-/m0/s1. The van der Waals surface area contributed by atoms with Gasteiger partial charge in [0.05, 0.1) is 16.1 Å². The van der Waals surface area contributed by atoms with Crippen LogP contribution in [0.2, 0.25) is 0 Å². The molecule has 3 aromatic rings. The van der Waals surface area contributed by atoms with Gasteiger partial charge in [-0.05, 0) is 36.2 Å². The lowest BCUT2D eigenvalue weighted by Gasteiger charge is -2.41. The number of likely N-dealkylation sites (tertiary alicyclic amines) is 1. The molecule has 1 atom stereocenters. The molecule has 1 fully saturated rings. The van der Waals surface area contributed by atoms with Crippen molar-refractivity contribution in [1.29, 1.82) is 0 Å². The monoisotopic (exact) mass is 342 g/mol. The lowest BCUT2D eigenvalue weighted by molar-refractivity contribution is -0.139. The van der Waals surface area contributed by atoms with E-state index in [4.69, 9.17) is 0 Å².